The predicted octanol–water partition coefficient (Wildman–Crippen LogP) is 3.70. The highest BCUT2D eigenvalue weighted by Crippen LogP contribution is 2.30. The second kappa shape index (κ2) is 7.76. The second-order valence-corrected chi connectivity index (χ2v) is 5.20. The van der Waals surface area contributed by atoms with Crippen LogP contribution in [-0.4, -0.2) is 16.1 Å². The molecule has 1 aromatic carbocycles. The van der Waals surface area contributed by atoms with Crippen molar-refractivity contribution in [2.45, 2.75) is 18.7 Å². The van der Waals surface area contributed by atoms with E-state index >= 15 is 0 Å². The molecule has 1 atom stereocenters. The van der Waals surface area contributed by atoms with Gasteiger partial charge in [0, 0.05) is 12.1 Å². The van der Waals surface area contributed by atoms with Gasteiger partial charge < -0.3 is 19.9 Å². The van der Waals surface area contributed by atoms with E-state index in [9.17, 15) is 28.2 Å². The number of furan rings is 1. The summed E-state index contributed by atoms with van der Waals surface area (Å²) in [5.74, 6) is -1.56. The van der Waals surface area contributed by atoms with Crippen LogP contribution in [0.3, 0.4) is 0 Å². The number of anilines is 1. The number of benzene rings is 1. The zero-order chi connectivity index (χ0) is 19.3. The first kappa shape index (κ1) is 19.1. The van der Waals surface area contributed by atoms with Crippen LogP contribution in [0, 0.1) is 11.3 Å². The van der Waals surface area contributed by atoms with E-state index in [-0.39, 0.29) is 11.4 Å². The molecule has 0 aliphatic rings. The zero-order valence-electron chi connectivity index (χ0n) is 13.1. The monoisotopic (exact) mass is 366 g/mol. The van der Waals surface area contributed by atoms with E-state index in [0.717, 1.165) is 24.3 Å². The molecule has 0 radical (unpaired) electrons. The van der Waals surface area contributed by atoms with Gasteiger partial charge in [-0.25, -0.2) is 0 Å². The predicted molar refractivity (Wildman–Crippen MR) is 83.6 cm³/mol. The van der Waals surface area contributed by atoms with Gasteiger partial charge in [-0.15, -0.1) is 0 Å². The standard InChI is InChI=1S/C17H13F3N2O4/c18-17(19,20)10-3-5-11(6-4-10)22-16(25)12(9-21)13(23)8-14(24)15-2-1-7-26-15/h1-7,14,23-24H,8H2,(H,22,25)/b13-12-. The molecule has 0 aliphatic carbocycles. The molecule has 6 nitrogen and oxygen atoms in total. The molecular weight excluding hydrogens is 353 g/mol. The number of carbonyl (C=O) groups excluding carboxylic acids is 1. The maximum Gasteiger partial charge on any atom is 0.416 e. The van der Waals surface area contributed by atoms with Crippen molar-refractivity contribution in [1.29, 1.82) is 5.26 Å². The molecule has 1 amide bonds. The third-order valence-corrected chi connectivity index (χ3v) is 3.36. The van der Waals surface area contributed by atoms with Crippen LogP contribution in [0.2, 0.25) is 0 Å². The van der Waals surface area contributed by atoms with Crippen molar-refractivity contribution < 1.29 is 32.6 Å². The number of hydrogen-bond donors (Lipinski definition) is 3. The third-order valence-electron chi connectivity index (χ3n) is 3.36. The fourth-order valence-corrected chi connectivity index (χ4v) is 2.05. The highest BCUT2D eigenvalue weighted by Gasteiger charge is 2.30. The Kier molecular flexibility index (Phi) is 5.69. The summed E-state index contributed by atoms with van der Waals surface area (Å²) in [4.78, 5) is 12.1. The Balaban J connectivity index is 2.11. The Morgan fingerprint density at radius 3 is 2.42 bits per heavy atom. The summed E-state index contributed by atoms with van der Waals surface area (Å²) in [6.45, 7) is 0. The minimum absolute atomic E-state index is 0.00938. The van der Waals surface area contributed by atoms with Crippen molar-refractivity contribution in [2.75, 3.05) is 5.32 Å². The van der Waals surface area contributed by atoms with Crippen molar-refractivity contribution in [3.8, 4) is 6.07 Å². The first-order chi connectivity index (χ1) is 12.2. The van der Waals surface area contributed by atoms with Gasteiger partial charge in [0.1, 0.15) is 23.7 Å². The van der Waals surface area contributed by atoms with E-state index in [1.807, 2.05) is 0 Å². The number of rotatable bonds is 5. The number of alkyl halides is 3. The Hall–Kier alpha value is -3.25. The van der Waals surface area contributed by atoms with Gasteiger partial charge >= 0.3 is 6.18 Å². The molecule has 3 N–H and O–H groups in total. The largest absolute Gasteiger partial charge is 0.511 e. The van der Waals surface area contributed by atoms with Gasteiger partial charge in [0.15, 0.2) is 5.57 Å². The molecule has 0 saturated carbocycles. The third kappa shape index (κ3) is 4.64. The molecule has 1 unspecified atom stereocenters. The molecule has 0 fully saturated rings. The zero-order valence-corrected chi connectivity index (χ0v) is 13.1. The molecule has 136 valence electrons. The van der Waals surface area contributed by atoms with E-state index in [4.69, 9.17) is 9.68 Å². The SMILES string of the molecule is N#C/C(C(=O)Nc1ccc(C(F)(F)F)cc1)=C(/O)CC(O)c1ccco1. The molecule has 26 heavy (non-hydrogen) atoms. The molecule has 0 spiro atoms. The van der Waals surface area contributed by atoms with Crippen LogP contribution in [0.25, 0.3) is 0 Å². The van der Waals surface area contributed by atoms with Crippen LogP contribution in [0.4, 0.5) is 18.9 Å². The number of nitriles is 1. The van der Waals surface area contributed by atoms with Crippen LogP contribution in [0.1, 0.15) is 23.8 Å². The molecule has 0 saturated heterocycles. The van der Waals surface area contributed by atoms with Gasteiger partial charge in [0.25, 0.3) is 5.91 Å². The highest BCUT2D eigenvalue weighted by molar-refractivity contribution is 6.06. The van der Waals surface area contributed by atoms with Crippen LogP contribution < -0.4 is 5.32 Å². The molecule has 2 rings (SSSR count). The van der Waals surface area contributed by atoms with Crippen LogP contribution in [0.15, 0.2) is 58.4 Å². The average molecular weight is 366 g/mol. The van der Waals surface area contributed by atoms with Gasteiger partial charge in [0.05, 0.1) is 11.8 Å². The lowest BCUT2D eigenvalue weighted by Crippen LogP contribution is -2.16. The topological polar surface area (TPSA) is 106 Å². The molecule has 9 heteroatoms. The van der Waals surface area contributed by atoms with Crippen LogP contribution in [-0.2, 0) is 11.0 Å². The van der Waals surface area contributed by atoms with E-state index in [1.165, 1.54) is 24.5 Å². The Morgan fingerprint density at radius 2 is 1.92 bits per heavy atom. The number of nitrogens with zero attached hydrogens (tertiary/aromatic N) is 1. The normalized spacial score (nSPS) is 13.5. The van der Waals surface area contributed by atoms with E-state index in [2.05, 4.69) is 5.32 Å². The molecule has 0 bridgehead atoms. The number of aliphatic hydroxyl groups is 2. The van der Waals surface area contributed by atoms with Crippen molar-refractivity contribution in [3.63, 3.8) is 0 Å². The maximum atomic E-state index is 12.5. The summed E-state index contributed by atoms with van der Waals surface area (Å²) in [5.41, 5.74) is -1.55. The minimum atomic E-state index is -4.51. The number of halogens is 3. The maximum absolute atomic E-state index is 12.5. The van der Waals surface area contributed by atoms with Gasteiger partial charge in [0.2, 0.25) is 0 Å². The fourth-order valence-electron chi connectivity index (χ4n) is 2.05. The fraction of sp³-hybridized carbons (Fsp3) is 0.176. The lowest BCUT2D eigenvalue weighted by Gasteiger charge is -2.10. The Labute approximate surface area is 145 Å². The van der Waals surface area contributed by atoms with Gasteiger partial charge in [-0.05, 0) is 36.4 Å². The van der Waals surface area contributed by atoms with Crippen molar-refractivity contribution >= 4 is 11.6 Å². The number of carbonyl (C=O) groups is 1. The molecule has 1 heterocycles. The first-order valence-corrected chi connectivity index (χ1v) is 7.24. The number of nitrogens with one attached hydrogen (secondary N) is 1. The summed E-state index contributed by atoms with van der Waals surface area (Å²) in [7, 11) is 0. The molecule has 0 aliphatic heterocycles. The molecule has 1 aromatic heterocycles. The van der Waals surface area contributed by atoms with E-state index in [1.54, 1.807) is 0 Å². The number of amides is 1. The quantitative estimate of drug-likeness (QED) is 0.425. The Morgan fingerprint density at radius 1 is 1.27 bits per heavy atom. The first-order valence-electron chi connectivity index (χ1n) is 7.24. The number of aliphatic hydroxyl groups excluding tert-OH is 2. The second-order valence-electron chi connectivity index (χ2n) is 5.20. The van der Waals surface area contributed by atoms with Gasteiger partial charge in [-0.2, -0.15) is 18.4 Å². The number of hydrogen-bond acceptors (Lipinski definition) is 5. The highest BCUT2D eigenvalue weighted by atomic mass is 19.4. The Bertz CT molecular complexity index is 834. The summed E-state index contributed by atoms with van der Waals surface area (Å²) < 4.78 is 42.5. The van der Waals surface area contributed by atoms with Gasteiger partial charge in [-0.1, -0.05) is 0 Å². The lowest BCUT2D eigenvalue weighted by molar-refractivity contribution is -0.137. The molecular formula is C17H13F3N2O4. The van der Waals surface area contributed by atoms with Crippen LogP contribution >= 0.6 is 0 Å². The van der Waals surface area contributed by atoms with Gasteiger partial charge in [-0.3, -0.25) is 4.79 Å². The van der Waals surface area contributed by atoms with Crippen molar-refractivity contribution in [2.24, 2.45) is 0 Å². The van der Waals surface area contributed by atoms with Crippen molar-refractivity contribution in [3.05, 3.63) is 65.3 Å². The smallest absolute Gasteiger partial charge is 0.416 e. The van der Waals surface area contributed by atoms with E-state index in [0.29, 0.717) is 0 Å². The van der Waals surface area contributed by atoms with E-state index < -0.39 is 41.5 Å². The minimum Gasteiger partial charge on any atom is -0.511 e. The van der Waals surface area contributed by atoms with Crippen molar-refractivity contribution in [1.82, 2.24) is 0 Å². The lowest BCUT2D eigenvalue weighted by atomic mass is 10.1. The summed E-state index contributed by atoms with van der Waals surface area (Å²) in [6, 6.07) is 8.05. The summed E-state index contributed by atoms with van der Waals surface area (Å²) >= 11 is 0. The van der Waals surface area contributed by atoms with Crippen LogP contribution in [0.5, 0.6) is 0 Å². The molecule has 2 aromatic rings. The average Bonchev–Trinajstić information content (AvgIpc) is 3.09. The summed E-state index contributed by atoms with van der Waals surface area (Å²) in [5, 5.41) is 31.1. The summed E-state index contributed by atoms with van der Waals surface area (Å²) in [6.07, 6.45) is -4.92.